The lowest BCUT2D eigenvalue weighted by molar-refractivity contribution is -0.0398. The van der Waals surface area contributed by atoms with Crippen LogP contribution < -0.4 is 5.32 Å². The van der Waals surface area contributed by atoms with Crippen LogP contribution in [0.4, 0.5) is 0 Å². The molecule has 0 aromatic carbocycles. The summed E-state index contributed by atoms with van der Waals surface area (Å²) < 4.78 is 5.85. The van der Waals surface area contributed by atoms with Crippen molar-refractivity contribution in [2.75, 3.05) is 53.4 Å². The van der Waals surface area contributed by atoms with Crippen LogP contribution in [0.25, 0.3) is 0 Å². The molecule has 2 aliphatic rings. The van der Waals surface area contributed by atoms with Crippen molar-refractivity contribution in [3.8, 4) is 0 Å². The first kappa shape index (κ1) is 14.3. The predicted octanol–water partition coefficient (Wildman–Crippen LogP) is 0.637. The molecule has 0 amide bonds. The molecule has 4 nitrogen and oxygen atoms in total. The van der Waals surface area contributed by atoms with Crippen molar-refractivity contribution < 1.29 is 4.74 Å². The minimum Gasteiger partial charge on any atom is -0.374 e. The summed E-state index contributed by atoms with van der Waals surface area (Å²) in [4.78, 5) is 4.96. The first-order valence-corrected chi connectivity index (χ1v) is 7.39. The highest BCUT2D eigenvalue weighted by molar-refractivity contribution is 4.81. The SMILES string of the molecule is CNC(C)C1CCN(CC2CN(C)CCO2)CC1. The van der Waals surface area contributed by atoms with E-state index in [0.717, 1.165) is 32.2 Å². The van der Waals surface area contributed by atoms with Crippen molar-refractivity contribution in [3.63, 3.8) is 0 Å². The van der Waals surface area contributed by atoms with Crippen LogP contribution in [0.5, 0.6) is 0 Å². The molecule has 0 aromatic heterocycles. The van der Waals surface area contributed by atoms with Crippen LogP contribution in [0.15, 0.2) is 0 Å². The maximum Gasteiger partial charge on any atom is 0.0829 e. The summed E-state index contributed by atoms with van der Waals surface area (Å²) in [5.74, 6) is 0.848. The Morgan fingerprint density at radius 3 is 2.61 bits per heavy atom. The molecule has 0 saturated carbocycles. The van der Waals surface area contributed by atoms with Crippen molar-refractivity contribution in [2.24, 2.45) is 5.92 Å². The highest BCUT2D eigenvalue weighted by Gasteiger charge is 2.26. The second-order valence-electron chi connectivity index (χ2n) is 5.97. The molecule has 2 atom stereocenters. The van der Waals surface area contributed by atoms with E-state index in [1.165, 1.54) is 25.9 Å². The van der Waals surface area contributed by atoms with E-state index in [4.69, 9.17) is 4.74 Å². The second kappa shape index (κ2) is 6.85. The molecule has 2 aliphatic heterocycles. The van der Waals surface area contributed by atoms with Crippen molar-refractivity contribution >= 4 is 0 Å². The van der Waals surface area contributed by atoms with E-state index in [9.17, 15) is 0 Å². The lowest BCUT2D eigenvalue weighted by atomic mass is 9.90. The van der Waals surface area contributed by atoms with Gasteiger partial charge in [-0.2, -0.15) is 0 Å². The second-order valence-corrected chi connectivity index (χ2v) is 5.97. The van der Waals surface area contributed by atoms with Gasteiger partial charge in [0.05, 0.1) is 12.7 Å². The zero-order chi connectivity index (χ0) is 13.0. The average Bonchev–Trinajstić information content (AvgIpc) is 2.39. The van der Waals surface area contributed by atoms with Crippen molar-refractivity contribution in [1.82, 2.24) is 15.1 Å². The van der Waals surface area contributed by atoms with Gasteiger partial charge in [-0.1, -0.05) is 0 Å². The van der Waals surface area contributed by atoms with E-state index in [-0.39, 0.29) is 0 Å². The summed E-state index contributed by atoms with van der Waals surface area (Å²) in [5, 5.41) is 3.39. The third-order valence-corrected chi connectivity index (χ3v) is 4.60. The van der Waals surface area contributed by atoms with Gasteiger partial charge in [-0.25, -0.2) is 0 Å². The fraction of sp³-hybridized carbons (Fsp3) is 1.00. The lowest BCUT2D eigenvalue weighted by Gasteiger charge is -2.38. The molecule has 2 heterocycles. The van der Waals surface area contributed by atoms with Crippen LogP contribution in [-0.2, 0) is 4.74 Å². The summed E-state index contributed by atoms with van der Waals surface area (Å²) in [6.07, 6.45) is 3.07. The van der Waals surface area contributed by atoms with Crippen LogP contribution in [0, 0.1) is 5.92 Å². The number of piperidine rings is 1. The normalized spacial score (nSPS) is 30.5. The molecule has 0 bridgehead atoms. The van der Waals surface area contributed by atoms with E-state index in [1.54, 1.807) is 0 Å². The third-order valence-electron chi connectivity index (χ3n) is 4.60. The monoisotopic (exact) mass is 255 g/mol. The zero-order valence-electron chi connectivity index (χ0n) is 12.2. The fourth-order valence-electron chi connectivity index (χ4n) is 3.14. The van der Waals surface area contributed by atoms with Gasteiger partial charge in [-0.15, -0.1) is 0 Å². The van der Waals surface area contributed by atoms with Crippen LogP contribution >= 0.6 is 0 Å². The van der Waals surface area contributed by atoms with Crippen LogP contribution in [0.2, 0.25) is 0 Å². The molecular formula is C14H29N3O. The molecule has 2 fully saturated rings. The molecule has 2 unspecified atom stereocenters. The van der Waals surface area contributed by atoms with E-state index in [1.807, 2.05) is 0 Å². The van der Waals surface area contributed by atoms with E-state index in [2.05, 4.69) is 36.1 Å². The molecule has 1 N–H and O–H groups in total. The molecule has 2 saturated heterocycles. The van der Waals surface area contributed by atoms with Gasteiger partial charge >= 0.3 is 0 Å². The standard InChI is InChI=1S/C14H29N3O/c1-12(15-2)13-4-6-17(7-5-13)11-14-10-16(3)8-9-18-14/h12-15H,4-11H2,1-3H3. The minimum atomic E-state index is 0.419. The summed E-state index contributed by atoms with van der Waals surface area (Å²) in [7, 11) is 4.26. The number of rotatable bonds is 4. The van der Waals surface area contributed by atoms with Crippen molar-refractivity contribution in [1.29, 1.82) is 0 Å². The summed E-state index contributed by atoms with van der Waals surface area (Å²) >= 11 is 0. The van der Waals surface area contributed by atoms with Crippen molar-refractivity contribution in [2.45, 2.75) is 31.9 Å². The predicted molar refractivity (Wildman–Crippen MR) is 74.9 cm³/mol. The number of likely N-dealkylation sites (N-methyl/N-ethyl adjacent to an activating group) is 1. The quantitative estimate of drug-likeness (QED) is 0.798. The third kappa shape index (κ3) is 3.92. The van der Waals surface area contributed by atoms with Gasteiger partial charge in [0.25, 0.3) is 0 Å². The number of likely N-dealkylation sites (tertiary alicyclic amines) is 1. The van der Waals surface area contributed by atoms with E-state index < -0.39 is 0 Å². The molecule has 2 rings (SSSR count). The van der Waals surface area contributed by atoms with Gasteiger partial charge in [-0.3, -0.25) is 0 Å². The van der Waals surface area contributed by atoms with Gasteiger partial charge in [0.1, 0.15) is 0 Å². The van der Waals surface area contributed by atoms with Gasteiger partial charge in [0.2, 0.25) is 0 Å². The van der Waals surface area contributed by atoms with Crippen LogP contribution in [0.3, 0.4) is 0 Å². The summed E-state index contributed by atoms with van der Waals surface area (Å²) in [6, 6.07) is 0.657. The number of morpholine rings is 1. The Morgan fingerprint density at radius 2 is 2.00 bits per heavy atom. The Hall–Kier alpha value is -0.160. The fourth-order valence-corrected chi connectivity index (χ4v) is 3.14. The van der Waals surface area contributed by atoms with Gasteiger partial charge in [-0.05, 0) is 52.9 Å². The molecule has 106 valence electrons. The minimum absolute atomic E-state index is 0.419. The van der Waals surface area contributed by atoms with Crippen LogP contribution in [0.1, 0.15) is 19.8 Å². The van der Waals surface area contributed by atoms with Crippen molar-refractivity contribution in [3.05, 3.63) is 0 Å². The van der Waals surface area contributed by atoms with E-state index >= 15 is 0 Å². The largest absolute Gasteiger partial charge is 0.374 e. The number of ether oxygens (including phenoxy) is 1. The van der Waals surface area contributed by atoms with Crippen LogP contribution in [-0.4, -0.2) is 75.4 Å². The molecule has 4 heteroatoms. The smallest absolute Gasteiger partial charge is 0.0829 e. The maximum atomic E-state index is 5.85. The van der Waals surface area contributed by atoms with Gasteiger partial charge in [0, 0.05) is 25.7 Å². The van der Waals surface area contributed by atoms with E-state index in [0.29, 0.717) is 12.1 Å². The molecular weight excluding hydrogens is 226 g/mol. The van der Waals surface area contributed by atoms with Gasteiger partial charge in [0.15, 0.2) is 0 Å². The number of hydrogen-bond donors (Lipinski definition) is 1. The highest BCUT2D eigenvalue weighted by atomic mass is 16.5. The first-order valence-electron chi connectivity index (χ1n) is 7.39. The molecule has 0 radical (unpaired) electrons. The number of nitrogens with one attached hydrogen (secondary N) is 1. The summed E-state index contributed by atoms with van der Waals surface area (Å²) in [5.41, 5.74) is 0. The molecule has 0 aliphatic carbocycles. The summed E-state index contributed by atoms with van der Waals surface area (Å²) in [6.45, 7) is 8.96. The Bertz CT molecular complexity index is 241. The number of hydrogen-bond acceptors (Lipinski definition) is 4. The number of nitrogens with zero attached hydrogens (tertiary/aromatic N) is 2. The Labute approximate surface area is 112 Å². The Kier molecular flexibility index (Phi) is 5.42. The molecule has 0 spiro atoms. The lowest BCUT2D eigenvalue weighted by Crippen LogP contribution is -2.48. The molecule has 18 heavy (non-hydrogen) atoms. The highest BCUT2D eigenvalue weighted by Crippen LogP contribution is 2.21. The average molecular weight is 255 g/mol. The molecule has 0 aromatic rings. The topological polar surface area (TPSA) is 27.7 Å². The maximum absolute atomic E-state index is 5.85. The Morgan fingerprint density at radius 1 is 1.28 bits per heavy atom. The zero-order valence-corrected chi connectivity index (χ0v) is 12.2. The van der Waals surface area contributed by atoms with Gasteiger partial charge < -0.3 is 19.9 Å². The first-order chi connectivity index (χ1) is 8.69. The Balaban J connectivity index is 1.70.